The first-order chi connectivity index (χ1) is 9.10. The molecule has 1 aliphatic carbocycles. The fourth-order valence-corrected chi connectivity index (χ4v) is 2.36. The lowest BCUT2D eigenvalue weighted by molar-refractivity contribution is 0.0601. The lowest BCUT2D eigenvalue weighted by Gasteiger charge is -2.27. The number of hydrogen-bond acceptors (Lipinski definition) is 4. The molecule has 0 aromatic heterocycles. The zero-order valence-corrected chi connectivity index (χ0v) is 10.9. The van der Waals surface area contributed by atoms with Crippen LogP contribution in [0.1, 0.15) is 36.0 Å². The summed E-state index contributed by atoms with van der Waals surface area (Å²) in [5.41, 5.74) is 0.781. The molecular formula is C14H18FNO3. The average Bonchev–Trinajstić information content (AvgIpc) is 2.42. The van der Waals surface area contributed by atoms with Crippen LogP contribution < -0.4 is 5.32 Å². The third kappa shape index (κ3) is 3.44. The molecule has 0 unspecified atom stereocenters. The fourth-order valence-electron chi connectivity index (χ4n) is 2.36. The van der Waals surface area contributed by atoms with Crippen LogP contribution in [0.5, 0.6) is 0 Å². The first kappa shape index (κ1) is 13.8. The Hall–Kier alpha value is -1.62. The van der Waals surface area contributed by atoms with Gasteiger partial charge in [0.05, 0.1) is 18.8 Å². The van der Waals surface area contributed by atoms with E-state index in [1.165, 1.54) is 19.2 Å². The smallest absolute Gasteiger partial charge is 0.340 e. The Morgan fingerprint density at radius 1 is 1.37 bits per heavy atom. The highest BCUT2D eigenvalue weighted by molar-refractivity contribution is 5.95. The number of rotatable bonds is 3. The van der Waals surface area contributed by atoms with E-state index in [0.717, 1.165) is 25.7 Å². The van der Waals surface area contributed by atoms with Gasteiger partial charge >= 0.3 is 5.97 Å². The second-order valence-corrected chi connectivity index (χ2v) is 4.83. The lowest BCUT2D eigenvalue weighted by atomic mass is 9.93. The second kappa shape index (κ2) is 6.02. The van der Waals surface area contributed by atoms with E-state index in [4.69, 9.17) is 0 Å². The number of halogens is 1. The van der Waals surface area contributed by atoms with Gasteiger partial charge in [-0.3, -0.25) is 0 Å². The summed E-state index contributed by atoms with van der Waals surface area (Å²) in [6.45, 7) is 0. The predicted molar refractivity (Wildman–Crippen MR) is 69.6 cm³/mol. The summed E-state index contributed by atoms with van der Waals surface area (Å²) in [5, 5.41) is 12.7. The van der Waals surface area contributed by atoms with Gasteiger partial charge in [-0.25, -0.2) is 9.18 Å². The number of esters is 1. The zero-order valence-electron chi connectivity index (χ0n) is 10.9. The highest BCUT2D eigenvalue weighted by Crippen LogP contribution is 2.25. The molecule has 0 amide bonds. The van der Waals surface area contributed by atoms with Crippen molar-refractivity contribution in [1.82, 2.24) is 0 Å². The molecule has 4 nitrogen and oxygen atoms in total. The minimum atomic E-state index is -0.558. The summed E-state index contributed by atoms with van der Waals surface area (Å²) in [5.74, 6) is -1.03. The number of anilines is 1. The molecule has 0 heterocycles. The van der Waals surface area contributed by atoms with Gasteiger partial charge in [0.25, 0.3) is 0 Å². The molecule has 0 atom stereocenters. The van der Waals surface area contributed by atoms with E-state index in [9.17, 15) is 14.3 Å². The Bertz CT molecular complexity index is 456. The van der Waals surface area contributed by atoms with Crippen molar-refractivity contribution in [3.8, 4) is 0 Å². The van der Waals surface area contributed by atoms with Crippen LogP contribution in [-0.2, 0) is 4.74 Å². The summed E-state index contributed by atoms with van der Waals surface area (Å²) in [7, 11) is 1.27. The molecule has 1 saturated carbocycles. The maximum Gasteiger partial charge on any atom is 0.340 e. The molecule has 0 radical (unpaired) electrons. The highest BCUT2D eigenvalue weighted by atomic mass is 19.1. The summed E-state index contributed by atoms with van der Waals surface area (Å²) in [4.78, 5) is 11.6. The van der Waals surface area contributed by atoms with Crippen LogP contribution in [0.4, 0.5) is 10.1 Å². The molecule has 1 aliphatic rings. The largest absolute Gasteiger partial charge is 0.465 e. The maximum atomic E-state index is 13.2. The quantitative estimate of drug-likeness (QED) is 0.825. The Kier molecular flexibility index (Phi) is 4.37. The van der Waals surface area contributed by atoms with Crippen molar-refractivity contribution in [2.75, 3.05) is 12.4 Å². The Labute approximate surface area is 111 Å². The molecule has 0 aliphatic heterocycles. The maximum absolute atomic E-state index is 13.2. The van der Waals surface area contributed by atoms with Crippen molar-refractivity contribution in [3.63, 3.8) is 0 Å². The van der Waals surface area contributed by atoms with Gasteiger partial charge in [0.2, 0.25) is 0 Å². The molecule has 2 rings (SSSR count). The average molecular weight is 267 g/mol. The van der Waals surface area contributed by atoms with Crippen LogP contribution in [0.2, 0.25) is 0 Å². The molecule has 0 spiro atoms. The van der Waals surface area contributed by atoms with Gasteiger partial charge < -0.3 is 15.2 Å². The number of aliphatic hydroxyl groups excluding tert-OH is 1. The molecule has 5 heteroatoms. The number of nitrogens with one attached hydrogen (secondary N) is 1. The van der Waals surface area contributed by atoms with Gasteiger partial charge in [0.1, 0.15) is 5.82 Å². The summed E-state index contributed by atoms with van der Waals surface area (Å²) < 4.78 is 17.9. The Balaban J connectivity index is 2.13. The van der Waals surface area contributed by atoms with Crippen LogP contribution in [0.25, 0.3) is 0 Å². The van der Waals surface area contributed by atoms with E-state index < -0.39 is 11.8 Å². The lowest BCUT2D eigenvalue weighted by Crippen LogP contribution is -2.28. The van der Waals surface area contributed by atoms with E-state index in [1.807, 2.05) is 0 Å². The van der Waals surface area contributed by atoms with Crippen molar-refractivity contribution in [1.29, 1.82) is 0 Å². The topological polar surface area (TPSA) is 58.6 Å². The molecule has 0 bridgehead atoms. The van der Waals surface area contributed by atoms with Gasteiger partial charge in [0, 0.05) is 11.7 Å². The van der Waals surface area contributed by atoms with Crippen molar-refractivity contribution in [3.05, 3.63) is 29.6 Å². The predicted octanol–water partition coefficient (Wildman–Crippen LogP) is 2.33. The number of benzene rings is 1. The van der Waals surface area contributed by atoms with E-state index in [-0.39, 0.29) is 17.7 Å². The number of carbonyl (C=O) groups is 1. The molecular weight excluding hydrogens is 249 g/mol. The monoisotopic (exact) mass is 267 g/mol. The molecule has 1 aromatic carbocycles. The van der Waals surface area contributed by atoms with Crippen LogP contribution in [0, 0.1) is 5.82 Å². The first-order valence-corrected chi connectivity index (χ1v) is 6.42. The summed E-state index contributed by atoms with van der Waals surface area (Å²) >= 11 is 0. The summed E-state index contributed by atoms with van der Waals surface area (Å²) in [6.07, 6.45) is 2.92. The zero-order chi connectivity index (χ0) is 13.8. The number of hydrogen-bond donors (Lipinski definition) is 2. The van der Waals surface area contributed by atoms with Crippen molar-refractivity contribution < 1.29 is 19.0 Å². The number of methoxy groups -OCH3 is 1. The van der Waals surface area contributed by atoms with Crippen LogP contribution in [-0.4, -0.2) is 30.3 Å². The number of aliphatic hydroxyl groups is 1. The van der Waals surface area contributed by atoms with Gasteiger partial charge in [-0.15, -0.1) is 0 Å². The van der Waals surface area contributed by atoms with E-state index >= 15 is 0 Å². The van der Waals surface area contributed by atoms with E-state index in [2.05, 4.69) is 10.1 Å². The number of carbonyl (C=O) groups excluding carboxylic acids is 1. The molecule has 1 aromatic rings. The second-order valence-electron chi connectivity index (χ2n) is 4.83. The van der Waals surface area contributed by atoms with E-state index in [1.54, 1.807) is 6.07 Å². The Morgan fingerprint density at radius 3 is 2.68 bits per heavy atom. The van der Waals surface area contributed by atoms with Crippen molar-refractivity contribution >= 4 is 11.7 Å². The van der Waals surface area contributed by atoms with Gasteiger partial charge in [0.15, 0.2) is 0 Å². The van der Waals surface area contributed by atoms with Gasteiger partial charge in [-0.1, -0.05) is 0 Å². The molecule has 19 heavy (non-hydrogen) atoms. The molecule has 104 valence electrons. The van der Waals surface area contributed by atoms with Crippen molar-refractivity contribution in [2.45, 2.75) is 37.8 Å². The van der Waals surface area contributed by atoms with Gasteiger partial charge in [-0.05, 0) is 43.9 Å². The fraction of sp³-hybridized carbons (Fsp3) is 0.500. The SMILES string of the molecule is COC(=O)c1cc(F)ccc1NC1CCC(O)CC1. The minimum absolute atomic E-state index is 0.192. The normalized spacial score (nSPS) is 22.9. The minimum Gasteiger partial charge on any atom is -0.465 e. The molecule has 0 saturated heterocycles. The van der Waals surface area contributed by atoms with Crippen molar-refractivity contribution in [2.24, 2.45) is 0 Å². The van der Waals surface area contributed by atoms with E-state index in [0.29, 0.717) is 5.69 Å². The van der Waals surface area contributed by atoms with Crippen LogP contribution in [0.3, 0.4) is 0 Å². The van der Waals surface area contributed by atoms with Gasteiger partial charge in [-0.2, -0.15) is 0 Å². The first-order valence-electron chi connectivity index (χ1n) is 6.42. The van der Waals surface area contributed by atoms with Crippen LogP contribution >= 0.6 is 0 Å². The number of ether oxygens (including phenoxy) is 1. The third-order valence-corrected chi connectivity index (χ3v) is 3.44. The standard InChI is InChI=1S/C14H18FNO3/c1-19-14(18)12-8-9(15)2-7-13(12)16-10-3-5-11(17)6-4-10/h2,7-8,10-11,16-17H,3-6H2,1H3. The van der Waals surface area contributed by atoms with Crippen LogP contribution in [0.15, 0.2) is 18.2 Å². The molecule has 2 N–H and O–H groups in total. The summed E-state index contributed by atoms with van der Waals surface area (Å²) in [6, 6.07) is 4.22. The highest BCUT2D eigenvalue weighted by Gasteiger charge is 2.21. The molecule has 1 fully saturated rings. The third-order valence-electron chi connectivity index (χ3n) is 3.44. The Morgan fingerprint density at radius 2 is 2.05 bits per heavy atom.